The van der Waals surface area contributed by atoms with Crippen molar-refractivity contribution in [2.24, 2.45) is 0 Å². The molecule has 0 unspecified atom stereocenters. The molecule has 0 heterocycles. The normalized spacial score (nSPS) is 12.1. The molecule has 2 aromatic rings. The molecule has 0 saturated carbocycles. The van der Waals surface area contributed by atoms with E-state index in [2.05, 4.69) is 0 Å². The average molecular weight is 430 g/mol. The molecule has 0 bridgehead atoms. The highest BCUT2D eigenvalue weighted by molar-refractivity contribution is 6.35. The van der Waals surface area contributed by atoms with Gasteiger partial charge < -0.3 is 5.73 Å². The van der Waals surface area contributed by atoms with Crippen LogP contribution in [0.4, 0.5) is 43.4 Å². The number of nitro groups is 2. The summed E-state index contributed by atoms with van der Waals surface area (Å²) in [5.41, 5.74) is -6.14. The monoisotopic (exact) mass is 429 g/mol. The molecular formula is C14H6ClF6N3O4. The van der Waals surface area contributed by atoms with Gasteiger partial charge in [-0.25, -0.2) is 0 Å². The molecule has 0 aliphatic rings. The third kappa shape index (κ3) is 3.52. The van der Waals surface area contributed by atoms with Crippen molar-refractivity contribution in [3.8, 4) is 11.1 Å². The van der Waals surface area contributed by atoms with E-state index in [0.717, 1.165) is 12.1 Å². The van der Waals surface area contributed by atoms with Gasteiger partial charge in [-0.2, -0.15) is 26.3 Å². The van der Waals surface area contributed by atoms with Crippen LogP contribution in [0.3, 0.4) is 0 Å². The lowest BCUT2D eigenvalue weighted by molar-refractivity contribution is -0.392. The van der Waals surface area contributed by atoms with Crippen LogP contribution in [0.1, 0.15) is 11.1 Å². The number of hydrogen-bond donors (Lipinski definition) is 1. The second kappa shape index (κ2) is 6.82. The molecule has 0 aliphatic heterocycles. The Kier molecular flexibility index (Phi) is 5.16. The lowest BCUT2D eigenvalue weighted by atomic mass is 9.91. The van der Waals surface area contributed by atoms with Gasteiger partial charge in [0.05, 0.1) is 26.5 Å². The largest absolute Gasteiger partial charge is 0.418 e. The summed E-state index contributed by atoms with van der Waals surface area (Å²) < 4.78 is 80.6. The minimum absolute atomic E-state index is 0.394. The van der Waals surface area contributed by atoms with Crippen LogP contribution in [0, 0.1) is 20.2 Å². The van der Waals surface area contributed by atoms with Gasteiger partial charge in [-0.15, -0.1) is 0 Å². The van der Waals surface area contributed by atoms with Crippen LogP contribution < -0.4 is 5.73 Å². The molecule has 2 rings (SSSR count). The third-order valence-corrected chi connectivity index (χ3v) is 3.94. The first-order valence-electron chi connectivity index (χ1n) is 6.87. The second-order valence-corrected chi connectivity index (χ2v) is 5.61. The van der Waals surface area contributed by atoms with Crippen LogP contribution in [0.15, 0.2) is 24.3 Å². The number of hydrogen-bond acceptors (Lipinski definition) is 5. The number of benzene rings is 2. The van der Waals surface area contributed by atoms with Gasteiger partial charge in [-0.3, -0.25) is 20.2 Å². The van der Waals surface area contributed by atoms with E-state index in [1.54, 1.807) is 0 Å². The van der Waals surface area contributed by atoms with Gasteiger partial charge in [-0.1, -0.05) is 29.8 Å². The molecule has 2 N–H and O–H groups in total. The summed E-state index contributed by atoms with van der Waals surface area (Å²) in [4.78, 5) is 19.4. The zero-order valence-corrected chi connectivity index (χ0v) is 13.8. The number of nitrogens with zero attached hydrogens (tertiary/aromatic N) is 2. The molecule has 2 aromatic carbocycles. The topological polar surface area (TPSA) is 112 Å². The number of nitrogens with two attached hydrogens (primary N) is 1. The first-order valence-corrected chi connectivity index (χ1v) is 7.24. The van der Waals surface area contributed by atoms with Gasteiger partial charge >= 0.3 is 23.7 Å². The Hall–Kier alpha value is -3.09. The van der Waals surface area contributed by atoms with Crippen molar-refractivity contribution in [3.05, 3.63) is 60.6 Å². The standard InChI is InChI=1S/C14H6ClF6N3O4/c15-9-8(14(19,20)21)7(5-3-1-2-4-6(5)13(16,17)18)11(23(25)26)10(22)12(9)24(27)28/h1-4H,22H2. The number of halogens is 7. The fraction of sp³-hybridized carbons (Fsp3) is 0.143. The average Bonchev–Trinajstić information content (AvgIpc) is 2.51. The Labute approximate surface area is 155 Å². The van der Waals surface area contributed by atoms with E-state index in [0.29, 0.717) is 12.1 Å². The van der Waals surface area contributed by atoms with E-state index in [4.69, 9.17) is 17.3 Å². The Morgan fingerprint density at radius 2 is 1.39 bits per heavy atom. The summed E-state index contributed by atoms with van der Waals surface area (Å²) in [7, 11) is 0. The maximum Gasteiger partial charge on any atom is 0.418 e. The number of alkyl halides is 6. The Balaban J connectivity index is 3.21. The van der Waals surface area contributed by atoms with Crippen LogP contribution >= 0.6 is 11.6 Å². The van der Waals surface area contributed by atoms with Crippen LogP contribution in [-0.2, 0) is 12.4 Å². The van der Waals surface area contributed by atoms with Gasteiger partial charge in [-0.05, 0) is 6.07 Å². The summed E-state index contributed by atoms with van der Waals surface area (Å²) in [5.74, 6) is 0. The maximum atomic E-state index is 13.6. The molecule has 0 atom stereocenters. The Morgan fingerprint density at radius 3 is 1.82 bits per heavy atom. The van der Waals surface area contributed by atoms with E-state index < -0.39 is 66.5 Å². The summed E-state index contributed by atoms with van der Waals surface area (Å²) in [6.45, 7) is 0. The molecule has 0 amide bonds. The molecule has 28 heavy (non-hydrogen) atoms. The molecule has 0 aliphatic carbocycles. The van der Waals surface area contributed by atoms with Crippen LogP contribution in [0.25, 0.3) is 11.1 Å². The highest BCUT2D eigenvalue weighted by atomic mass is 35.5. The number of nitrogen functional groups attached to an aromatic ring is 1. The molecule has 14 heteroatoms. The highest BCUT2D eigenvalue weighted by Crippen LogP contribution is 2.54. The molecule has 150 valence electrons. The fourth-order valence-electron chi connectivity index (χ4n) is 2.56. The molecular weight excluding hydrogens is 424 g/mol. The Morgan fingerprint density at radius 1 is 0.893 bits per heavy atom. The van der Waals surface area contributed by atoms with E-state index in [1.165, 1.54) is 0 Å². The maximum absolute atomic E-state index is 13.6. The highest BCUT2D eigenvalue weighted by Gasteiger charge is 2.47. The van der Waals surface area contributed by atoms with Gasteiger partial charge in [0.2, 0.25) is 0 Å². The van der Waals surface area contributed by atoms with Crippen molar-refractivity contribution in [2.45, 2.75) is 12.4 Å². The van der Waals surface area contributed by atoms with Crippen molar-refractivity contribution in [1.82, 2.24) is 0 Å². The zero-order valence-electron chi connectivity index (χ0n) is 13.1. The third-order valence-electron chi connectivity index (χ3n) is 3.57. The van der Waals surface area contributed by atoms with E-state index in [-0.39, 0.29) is 0 Å². The lowest BCUT2D eigenvalue weighted by Crippen LogP contribution is -2.16. The van der Waals surface area contributed by atoms with Gasteiger partial charge in [0.15, 0.2) is 5.69 Å². The molecule has 7 nitrogen and oxygen atoms in total. The van der Waals surface area contributed by atoms with Crippen molar-refractivity contribution >= 4 is 28.7 Å². The van der Waals surface area contributed by atoms with E-state index in [9.17, 15) is 46.6 Å². The predicted molar refractivity (Wildman–Crippen MR) is 84.6 cm³/mol. The van der Waals surface area contributed by atoms with Crippen molar-refractivity contribution < 1.29 is 36.2 Å². The van der Waals surface area contributed by atoms with Gasteiger partial charge in [0, 0.05) is 5.56 Å². The molecule has 0 saturated heterocycles. The molecule has 0 aromatic heterocycles. The van der Waals surface area contributed by atoms with Crippen molar-refractivity contribution in [3.63, 3.8) is 0 Å². The van der Waals surface area contributed by atoms with Crippen LogP contribution in [0.2, 0.25) is 5.02 Å². The fourth-order valence-corrected chi connectivity index (χ4v) is 2.93. The SMILES string of the molecule is Nc1c([N+](=O)[O-])c(Cl)c(C(F)(F)F)c(-c2ccccc2C(F)(F)F)c1[N+](=O)[O-]. The van der Waals surface area contributed by atoms with Crippen LogP contribution in [0.5, 0.6) is 0 Å². The quantitative estimate of drug-likeness (QED) is 0.302. The zero-order chi connectivity index (χ0) is 21.6. The van der Waals surface area contributed by atoms with Crippen LogP contribution in [-0.4, -0.2) is 9.85 Å². The van der Waals surface area contributed by atoms with Gasteiger partial charge in [0.25, 0.3) is 0 Å². The van der Waals surface area contributed by atoms with Crippen molar-refractivity contribution in [2.75, 3.05) is 5.73 Å². The second-order valence-electron chi connectivity index (χ2n) is 5.23. The first-order chi connectivity index (χ1) is 12.7. The smallest absolute Gasteiger partial charge is 0.387 e. The summed E-state index contributed by atoms with van der Waals surface area (Å²) in [6.07, 6.45) is -10.8. The summed E-state index contributed by atoms with van der Waals surface area (Å²) in [5, 5.41) is 20.7. The number of anilines is 1. The number of rotatable bonds is 3. The minimum atomic E-state index is -5.58. The molecule has 0 fully saturated rings. The lowest BCUT2D eigenvalue weighted by Gasteiger charge is -2.19. The van der Waals surface area contributed by atoms with Gasteiger partial charge in [0.1, 0.15) is 5.02 Å². The summed E-state index contributed by atoms with van der Waals surface area (Å²) in [6, 6.07) is 2.69. The van der Waals surface area contributed by atoms with Crippen molar-refractivity contribution in [1.29, 1.82) is 0 Å². The summed E-state index contributed by atoms with van der Waals surface area (Å²) >= 11 is 5.45. The van der Waals surface area contributed by atoms with E-state index in [1.807, 2.05) is 0 Å². The Bertz CT molecular complexity index is 991. The number of nitro benzene ring substituents is 2. The molecule has 0 radical (unpaired) electrons. The minimum Gasteiger partial charge on any atom is -0.387 e. The predicted octanol–water partition coefficient (Wildman–Crippen LogP) is 5.44. The molecule has 0 spiro atoms. The first kappa shape index (κ1) is 21.2. The van der Waals surface area contributed by atoms with E-state index >= 15 is 0 Å².